The van der Waals surface area contributed by atoms with Crippen molar-refractivity contribution in [3.63, 3.8) is 0 Å². The summed E-state index contributed by atoms with van der Waals surface area (Å²) in [6.45, 7) is 0. The normalized spacial score (nSPS) is 27.3. The van der Waals surface area contributed by atoms with Crippen molar-refractivity contribution in [2.45, 2.75) is 49.9 Å². The van der Waals surface area contributed by atoms with Gasteiger partial charge in [0.2, 0.25) is 5.92 Å². The fourth-order valence-corrected chi connectivity index (χ4v) is 2.45. The third-order valence-corrected chi connectivity index (χ3v) is 3.55. The summed E-state index contributed by atoms with van der Waals surface area (Å²) in [6, 6.07) is 1.77. The lowest BCUT2D eigenvalue weighted by molar-refractivity contribution is 0.00753. The molecule has 1 heterocycles. The van der Waals surface area contributed by atoms with Crippen molar-refractivity contribution in [3.8, 4) is 0 Å². The molecule has 0 bridgehead atoms. The molecule has 0 amide bonds. The number of rotatable bonds is 2. The monoisotopic (exact) mass is 239 g/mol. The molecule has 0 aromatic carbocycles. The zero-order valence-corrected chi connectivity index (χ0v) is 9.50. The van der Waals surface area contributed by atoms with Crippen LogP contribution >= 0.6 is 0 Å². The van der Waals surface area contributed by atoms with E-state index in [1.807, 2.05) is 0 Å². The van der Waals surface area contributed by atoms with Crippen molar-refractivity contribution in [1.29, 1.82) is 0 Å². The lowest BCUT2D eigenvalue weighted by atomic mass is 10.1. The van der Waals surface area contributed by atoms with E-state index in [1.165, 1.54) is 0 Å². The Morgan fingerprint density at radius 2 is 1.94 bits per heavy atom. The van der Waals surface area contributed by atoms with Crippen LogP contribution in [-0.4, -0.2) is 15.9 Å². The number of aromatic nitrogens is 2. The Kier molecular flexibility index (Phi) is 2.31. The topological polar surface area (TPSA) is 51.8 Å². The number of nitrogens with zero attached hydrogens (tertiary/aromatic N) is 2. The highest BCUT2D eigenvalue weighted by molar-refractivity contribution is 5.33. The van der Waals surface area contributed by atoms with Gasteiger partial charge in [0.05, 0.1) is 0 Å². The Morgan fingerprint density at radius 3 is 2.53 bits per heavy atom. The molecule has 2 aliphatic carbocycles. The molecular weight excluding hydrogens is 224 g/mol. The second kappa shape index (κ2) is 3.62. The lowest BCUT2D eigenvalue weighted by Crippen LogP contribution is -2.11. The maximum absolute atomic E-state index is 13.2. The molecule has 92 valence electrons. The largest absolute Gasteiger partial charge is 0.384 e. The van der Waals surface area contributed by atoms with Gasteiger partial charge in [-0.05, 0) is 19.3 Å². The van der Waals surface area contributed by atoms with E-state index < -0.39 is 5.92 Å². The third-order valence-electron chi connectivity index (χ3n) is 3.55. The van der Waals surface area contributed by atoms with Gasteiger partial charge in [-0.25, -0.2) is 18.7 Å². The van der Waals surface area contributed by atoms with Crippen LogP contribution in [0, 0.1) is 0 Å². The minimum Gasteiger partial charge on any atom is -0.384 e. The summed E-state index contributed by atoms with van der Waals surface area (Å²) < 4.78 is 26.3. The molecule has 1 atom stereocenters. The quantitative estimate of drug-likeness (QED) is 0.863. The number of alkyl halides is 2. The van der Waals surface area contributed by atoms with E-state index in [0.717, 1.165) is 18.5 Å². The van der Waals surface area contributed by atoms with Crippen molar-refractivity contribution < 1.29 is 8.78 Å². The van der Waals surface area contributed by atoms with E-state index in [-0.39, 0.29) is 18.8 Å². The van der Waals surface area contributed by atoms with Crippen LogP contribution in [0.15, 0.2) is 6.07 Å². The summed E-state index contributed by atoms with van der Waals surface area (Å²) in [7, 11) is 0. The highest BCUT2D eigenvalue weighted by Gasteiger charge is 2.41. The molecule has 0 aliphatic heterocycles. The van der Waals surface area contributed by atoms with Gasteiger partial charge >= 0.3 is 0 Å². The van der Waals surface area contributed by atoms with Crippen molar-refractivity contribution in [1.82, 2.24) is 9.97 Å². The molecule has 5 heteroatoms. The first-order valence-corrected chi connectivity index (χ1v) is 6.06. The second-order valence-electron chi connectivity index (χ2n) is 5.15. The van der Waals surface area contributed by atoms with Crippen LogP contribution in [0.2, 0.25) is 0 Å². The van der Waals surface area contributed by atoms with E-state index >= 15 is 0 Å². The molecule has 3 rings (SSSR count). The number of halogens is 2. The van der Waals surface area contributed by atoms with Crippen molar-refractivity contribution in [2.75, 3.05) is 5.73 Å². The fourth-order valence-electron chi connectivity index (χ4n) is 2.45. The molecule has 3 nitrogen and oxygen atoms in total. The summed E-state index contributed by atoms with van der Waals surface area (Å²) in [5, 5.41) is 0. The van der Waals surface area contributed by atoms with Gasteiger partial charge in [-0.1, -0.05) is 0 Å². The molecule has 2 saturated carbocycles. The van der Waals surface area contributed by atoms with Crippen LogP contribution in [0.4, 0.5) is 14.6 Å². The molecule has 0 saturated heterocycles. The first kappa shape index (κ1) is 10.9. The highest BCUT2D eigenvalue weighted by atomic mass is 19.3. The smallest absolute Gasteiger partial charge is 0.248 e. The zero-order valence-electron chi connectivity index (χ0n) is 9.50. The minimum atomic E-state index is -2.56. The third kappa shape index (κ3) is 2.23. The molecule has 1 unspecified atom stereocenters. The van der Waals surface area contributed by atoms with Crippen molar-refractivity contribution >= 4 is 5.82 Å². The number of nitrogen functional groups attached to an aromatic ring is 1. The summed E-state index contributed by atoms with van der Waals surface area (Å²) >= 11 is 0. The number of hydrogen-bond donors (Lipinski definition) is 1. The number of hydrogen-bond acceptors (Lipinski definition) is 3. The molecule has 17 heavy (non-hydrogen) atoms. The standard InChI is InChI=1S/C12H15F2N3/c13-12(14)4-3-8(6-12)11-16-9(7-1-2-7)5-10(15)17-11/h5,7-8H,1-4,6H2,(H2,15,16,17). The second-order valence-corrected chi connectivity index (χ2v) is 5.15. The van der Waals surface area contributed by atoms with Crippen LogP contribution in [0.1, 0.15) is 55.5 Å². The molecule has 1 aromatic rings. The predicted molar refractivity (Wildman–Crippen MR) is 60.0 cm³/mol. The van der Waals surface area contributed by atoms with Gasteiger partial charge in [-0.2, -0.15) is 0 Å². The van der Waals surface area contributed by atoms with E-state index in [2.05, 4.69) is 9.97 Å². The van der Waals surface area contributed by atoms with Crippen molar-refractivity contribution in [3.05, 3.63) is 17.6 Å². The van der Waals surface area contributed by atoms with Crippen molar-refractivity contribution in [2.24, 2.45) is 0 Å². The molecule has 0 spiro atoms. The Labute approximate surface area is 98.4 Å². The zero-order chi connectivity index (χ0) is 12.0. The minimum absolute atomic E-state index is 0.0609. The van der Waals surface area contributed by atoms with E-state index in [4.69, 9.17) is 5.73 Å². The van der Waals surface area contributed by atoms with E-state index in [1.54, 1.807) is 6.07 Å². The maximum atomic E-state index is 13.2. The van der Waals surface area contributed by atoms with Gasteiger partial charge in [0, 0.05) is 36.4 Å². The van der Waals surface area contributed by atoms with Gasteiger partial charge < -0.3 is 5.73 Å². The first-order chi connectivity index (χ1) is 8.03. The van der Waals surface area contributed by atoms with Gasteiger partial charge in [0.1, 0.15) is 11.6 Å². The molecule has 2 aliphatic rings. The lowest BCUT2D eigenvalue weighted by Gasteiger charge is -2.11. The van der Waals surface area contributed by atoms with Gasteiger partial charge in [-0.15, -0.1) is 0 Å². The van der Waals surface area contributed by atoms with Gasteiger partial charge in [-0.3, -0.25) is 0 Å². The van der Waals surface area contributed by atoms with Crippen LogP contribution in [0.3, 0.4) is 0 Å². The summed E-state index contributed by atoms with van der Waals surface area (Å²) in [5.74, 6) is -1.39. The van der Waals surface area contributed by atoms with Crippen LogP contribution in [0.25, 0.3) is 0 Å². The van der Waals surface area contributed by atoms with Crippen LogP contribution in [0.5, 0.6) is 0 Å². The number of anilines is 1. The average Bonchev–Trinajstić information content (AvgIpc) is 3.02. The van der Waals surface area contributed by atoms with Gasteiger partial charge in [0.15, 0.2) is 0 Å². The van der Waals surface area contributed by atoms with Crippen LogP contribution < -0.4 is 5.73 Å². The summed E-state index contributed by atoms with van der Waals surface area (Å²) in [4.78, 5) is 8.54. The van der Waals surface area contributed by atoms with E-state index in [0.29, 0.717) is 24.0 Å². The van der Waals surface area contributed by atoms with Crippen LogP contribution in [-0.2, 0) is 0 Å². The molecule has 0 radical (unpaired) electrons. The Bertz CT molecular complexity index is 443. The Hall–Kier alpha value is -1.26. The highest BCUT2D eigenvalue weighted by Crippen LogP contribution is 2.44. The molecule has 1 aromatic heterocycles. The summed E-state index contributed by atoms with van der Waals surface area (Å²) in [5.41, 5.74) is 6.65. The first-order valence-electron chi connectivity index (χ1n) is 6.06. The summed E-state index contributed by atoms with van der Waals surface area (Å²) in [6.07, 6.45) is 2.50. The average molecular weight is 239 g/mol. The number of nitrogens with two attached hydrogens (primary N) is 1. The maximum Gasteiger partial charge on any atom is 0.248 e. The Balaban J connectivity index is 1.87. The Morgan fingerprint density at radius 1 is 1.18 bits per heavy atom. The predicted octanol–water partition coefficient (Wildman–Crippen LogP) is 2.84. The SMILES string of the molecule is Nc1cc(C2CC2)nc(C2CCC(F)(F)C2)n1. The fraction of sp³-hybridized carbons (Fsp3) is 0.667. The molecular formula is C12H15F2N3. The van der Waals surface area contributed by atoms with E-state index in [9.17, 15) is 8.78 Å². The van der Waals surface area contributed by atoms with Gasteiger partial charge in [0.25, 0.3) is 0 Å². The molecule has 2 N–H and O–H groups in total. The molecule has 2 fully saturated rings.